The summed E-state index contributed by atoms with van der Waals surface area (Å²) in [5.41, 5.74) is 5.76. The number of nitrogens with zero attached hydrogens (tertiary/aromatic N) is 1. The van der Waals surface area contributed by atoms with Crippen LogP contribution in [-0.4, -0.2) is 24.6 Å². The van der Waals surface area contributed by atoms with Gasteiger partial charge in [0.05, 0.1) is 17.6 Å². The first-order chi connectivity index (χ1) is 8.75. The van der Waals surface area contributed by atoms with Crippen molar-refractivity contribution in [1.82, 2.24) is 0 Å². The second kappa shape index (κ2) is 4.53. The third-order valence-electron chi connectivity index (χ3n) is 4.12. The average Bonchev–Trinajstić information content (AvgIpc) is 2.36. The molecule has 1 aromatic carbocycles. The molecule has 0 saturated carbocycles. The van der Waals surface area contributed by atoms with Gasteiger partial charge in [-0.15, -0.1) is 0 Å². The molecule has 0 aliphatic carbocycles. The van der Waals surface area contributed by atoms with E-state index in [0.717, 1.165) is 11.4 Å². The minimum atomic E-state index is -0.641. The number of hydrogen-bond acceptors (Lipinski definition) is 3. The molecule has 4 nitrogen and oxygen atoms in total. The van der Waals surface area contributed by atoms with Crippen LogP contribution in [0.4, 0.5) is 5.69 Å². The van der Waals surface area contributed by atoms with E-state index in [-0.39, 0.29) is 5.91 Å². The van der Waals surface area contributed by atoms with Crippen LogP contribution >= 0.6 is 0 Å². The van der Waals surface area contributed by atoms with Gasteiger partial charge >= 0.3 is 0 Å². The molecule has 1 amide bonds. The molecule has 0 saturated heterocycles. The van der Waals surface area contributed by atoms with E-state index in [1.807, 2.05) is 52.0 Å². The molecular weight excluding hydrogens is 240 g/mol. The molecule has 0 unspecified atom stereocenters. The minimum absolute atomic E-state index is 0.0377. The molecule has 19 heavy (non-hydrogen) atoms. The third kappa shape index (κ3) is 2.32. The second-order valence-corrected chi connectivity index (χ2v) is 6.12. The van der Waals surface area contributed by atoms with Crippen LogP contribution in [0.25, 0.3) is 0 Å². The van der Waals surface area contributed by atoms with Gasteiger partial charge in [-0.05, 0) is 39.8 Å². The SMILES string of the molecule is CC(C)(N)C(C)(C)C(=O)N1CCOc2ccccc21. The van der Waals surface area contributed by atoms with Crippen LogP contribution in [0.3, 0.4) is 0 Å². The lowest BCUT2D eigenvalue weighted by atomic mass is 9.74. The van der Waals surface area contributed by atoms with Crippen molar-refractivity contribution in [2.75, 3.05) is 18.1 Å². The molecule has 1 aromatic rings. The highest BCUT2D eigenvalue weighted by atomic mass is 16.5. The fourth-order valence-corrected chi connectivity index (χ4v) is 1.99. The number of nitrogens with two attached hydrogens (primary N) is 1. The Hall–Kier alpha value is -1.55. The summed E-state index contributed by atoms with van der Waals surface area (Å²) in [4.78, 5) is 14.6. The van der Waals surface area contributed by atoms with Gasteiger partial charge in [0.25, 0.3) is 0 Å². The third-order valence-corrected chi connectivity index (χ3v) is 4.12. The molecule has 2 rings (SSSR count). The molecule has 0 atom stereocenters. The lowest BCUT2D eigenvalue weighted by Crippen LogP contribution is -2.57. The number of para-hydroxylation sites is 2. The zero-order valence-corrected chi connectivity index (χ0v) is 12.1. The van der Waals surface area contributed by atoms with Crippen molar-refractivity contribution in [3.8, 4) is 5.75 Å². The standard InChI is InChI=1S/C15H22N2O2/c1-14(2,15(3,4)16)13(18)17-9-10-19-12-8-6-5-7-11(12)17/h5-8H,9-10,16H2,1-4H3. The summed E-state index contributed by atoms with van der Waals surface area (Å²) >= 11 is 0. The first-order valence-electron chi connectivity index (χ1n) is 6.58. The summed E-state index contributed by atoms with van der Waals surface area (Å²) in [5.74, 6) is 0.795. The zero-order chi connectivity index (χ0) is 14.3. The number of fused-ring (bicyclic) bond motifs is 1. The summed E-state index contributed by atoms with van der Waals surface area (Å²) in [5, 5.41) is 0. The average molecular weight is 262 g/mol. The highest BCUT2D eigenvalue weighted by Crippen LogP contribution is 2.37. The maximum Gasteiger partial charge on any atom is 0.234 e. The number of carbonyl (C=O) groups excluding carboxylic acids is 1. The van der Waals surface area contributed by atoms with Crippen molar-refractivity contribution in [1.29, 1.82) is 0 Å². The fraction of sp³-hybridized carbons (Fsp3) is 0.533. The Morgan fingerprint density at radius 1 is 1.26 bits per heavy atom. The maximum atomic E-state index is 12.8. The van der Waals surface area contributed by atoms with E-state index in [1.165, 1.54) is 0 Å². The van der Waals surface area contributed by atoms with E-state index in [0.29, 0.717) is 13.2 Å². The predicted molar refractivity (Wildman–Crippen MR) is 76.3 cm³/mol. The number of amides is 1. The quantitative estimate of drug-likeness (QED) is 0.888. The van der Waals surface area contributed by atoms with Gasteiger partial charge in [0, 0.05) is 5.54 Å². The number of anilines is 1. The first-order valence-corrected chi connectivity index (χ1v) is 6.58. The summed E-state index contributed by atoms with van der Waals surface area (Å²) in [6.07, 6.45) is 0. The lowest BCUT2D eigenvalue weighted by molar-refractivity contribution is -0.129. The van der Waals surface area contributed by atoms with E-state index in [1.54, 1.807) is 4.90 Å². The van der Waals surface area contributed by atoms with Gasteiger partial charge < -0.3 is 15.4 Å². The van der Waals surface area contributed by atoms with Crippen LogP contribution in [0.2, 0.25) is 0 Å². The molecule has 0 aromatic heterocycles. The lowest BCUT2D eigenvalue weighted by Gasteiger charge is -2.42. The van der Waals surface area contributed by atoms with Crippen molar-refractivity contribution in [2.45, 2.75) is 33.2 Å². The smallest absolute Gasteiger partial charge is 0.234 e. The van der Waals surface area contributed by atoms with Crippen LogP contribution in [0.1, 0.15) is 27.7 Å². The predicted octanol–water partition coefficient (Wildman–Crippen LogP) is 2.18. The molecule has 1 aliphatic heterocycles. The Balaban J connectivity index is 2.37. The summed E-state index contributed by atoms with van der Waals surface area (Å²) < 4.78 is 5.58. The minimum Gasteiger partial charge on any atom is -0.490 e. The number of benzene rings is 1. The van der Waals surface area contributed by atoms with Crippen LogP contribution in [0.15, 0.2) is 24.3 Å². The molecule has 104 valence electrons. The summed E-state index contributed by atoms with van der Waals surface area (Å²) in [6.45, 7) is 8.65. The molecule has 2 N–H and O–H groups in total. The Kier molecular flexibility index (Phi) is 3.31. The second-order valence-electron chi connectivity index (χ2n) is 6.12. The topological polar surface area (TPSA) is 55.6 Å². The van der Waals surface area contributed by atoms with E-state index in [9.17, 15) is 4.79 Å². The highest BCUT2D eigenvalue weighted by Gasteiger charge is 2.44. The largest absolute Gasteiger partial charge is 0.490 e. The van der Waals surface area contributed by atoms with Crippen LogP contribution in [0, 0.1) is 5.41 Å². The Morgan fingerprint density at radius 2 is 1.89 bits per heavy atom. The Labute approximate surface area is 114 Å². The van der Waals surface area contributed by atoms with Crippen LogP contribution < -0.4 is 15.4 Å². The zero-order valence-electron chi connectivity index (χ0n) is 12.1. The van der Waals surface area contributed by atoms with Crippen molar-refractivity contribution in [3.05, 3.63) is 24.3 Å². The molecule has 0 spiro atoms. The van der Waals surface area contributed by atoms with Gasteiger partial charge in [-0.25, -0.2) is 0 Å². The summed E-state index contributed by atoms with van der Waals surface area (Å²) in [6, 6.07) is 7.61. The van der Waals surface area contributed by atoms with Gasteiger partial charge in [0.2, 0.25) is 5.91 Å². The fourth-order valence-electron chi connectivity index (χ4n) is 1.99. The molecule has 0 radical (unpaired) electrons. The number of hydrogen-bond donors (Lipinski definition) is 1. The molecular formula is C15H22N2O2. The van der Waals surface area contributed by atoms with Crippen LogP contribution in [0.5, 0.6) is 5.75 Å². The van der Waals surface area contributed by atoms with Gasteiger partial charge in [-0.3, -0.25) is 4.79 Å². The van der Waals surface area contributed by atoms with Crippen molar-refractivity contribution in [3.63, 3.8) is 0 Å². The van der Waals surface area contributed by atoms with Gasteiger partial charge in [-0.1, -0.05) is 12.1 Å². The van der Waals surface area contributed by atoms with Gasteiger partial charge in [0.1, 0.15) is 12.4 Å². The highest BCUT2D eigenvalue weighted by molar-refractivity contribution is 5.99. The summed E-state index contributed by atoms with van der Waals surface area (Å²) in [7, 11) is 0. The van der Waals surface area contributed by atoms with Crippen molar-refractivity contribution >= 4 is 11.6 Å². The molecule has 0 bridgehead atoms. The molecule has 1 aliphatic rings. The Bertz CT molecular complexity index is 489. The maximum absolute atomic E-state index is 12.8. The normalized spacial score (nSPS) is 15.7. The molecule has 1 heterocycles. The van der Waals surface area contributed by atoms with E-state index in [2.05, 4.69) is 0 Å². The van der Waals surface area contributed by atoms with E-state index >= 15 is 0 Å². The van der Waals surface area contributed by atoms with Crippen LogP contribution in [-0.2, 0) is 4.79 Å². The monoisotopic (exact) mass is 262 g/mol. The molecule has 4 heteroatoms. The number of ether oxygens (including phenoxy) is 1. The number of rotatable bonds is 2. The van der Waals surface area contributed by atoms with Crippen molar-refractivity contribution < 1.29 is 9.53 Å². The van der Waals surface area contributed by atoms with Crippen molar-refractivity contribution in [2.24, 2.45) is 11.1 Å². The molecule has 0 fully saturated rings. The van der Waals surface area contributed by atoms with Gasteiger partial charge in [0.15, 0.2) is 0 Å². The number of carbonyl (C=O) groups is 1. The van der Waals surface area contributed by atoms with E-state index in [4.69, 9.17) is 10.5 Å². The van der Waals surface area contributed by atoms with Gasteiger partial charge in [-0.2, -0.15) is 0 Å². The Morgan fingerprint density at radius 3 is 2.53 bits per heavy atom. The van der Waals surface area contributed by atoms with E-state index < -0.39 is 11.0 Å². The first kappa shape index (κ1) is 13.9.